The number of benzene rings is 7. The van der Waals surface area contributed by atoms with E-state index in [1.165, 1.54) is 55.0 Å². The summed E-state index contributed by atoms with van der Waals surface area (Å²) >= 11 is 0. The maximum Gasteiger partial charge on any atom is 0.145 e. The maximum atomic E-state index is 6.72. The Morgan fingerprint density at radius 3 is 1.96 bits per heavy atom. The van der Waals surface area contributed by atoms with Gasteiger partial charge in [-0.15, -0.1) is 0 Å². The Balaban J connectivity index is 1.32. The van der Waals surface area contributed by atoms with Crippen LogP contribution in [0.3, 0.4) is 0 Å². The Kier molecular flexibility index (Phi) is 4.91. The van der Waals surface area contributed by atoms with Gasteiger partial charge >= 0.3 is 0 Å². The van der Waals surface area contributed by atoms with Gasteiger partial charge in [-0.2, -0.15) is 0 Å². The van der Waals surface area contributed by atoms with E-state index in [1.54, 1.807) is 0 Å². The van der Waals surface area contributed by atoms with Crippen LogP contribution in [0.1, 0.15) is 25.0 Å². The topological polar surface area (TPSA) is 23.0 Å². The summed E-state index contributed by atoms with van der Waals surface area (Å²) in [5.41, 5.74) is 14.1. The van der Waals surface area contributed by atoms with E-state index in [0.717, 1.165) is 44.2 Å². The molecule has 1 aliphatic carbocycles. The summed E-state index contributed by atoms with van der Waals surface area (Å²) in [5, 5.41) is 7.12. The molecule has 3 aromatic heterocycles. The van der Waals surface area contributed by atoms with Crippen LogP contribution in [0, 0.1) is 0 Å². The Morgan fingerprint density at radius 2 is 1.15 bits per heavy atom. The Labute approximate surface area is 276 Å². The second-order valence-electron chi connectivity index (χ2n) is 13.7. The number of hydrogen-bond acceptors (Lipinski definition) is 1. The third kappa shape index (κ3) is 3.18. The average Bonchev–Trinajstić information content (AvgIpc) is 3.84. The molecule has 0 fully saturated rings. The van der Waals surface area contributed by atoms with E-state index in [1.807, 2.05) is 0 Å². The normalized spacial score (nSPS) is 13.8. The van der Waals surface area contributed by atoms with Gasteiger partial charge in [0.1, 0.15) is 11.2 Å². The lowest BCUT2D eigenvalue weighted by atomic mass is 9.82. The van der Waals surface area contributed by atoms with Crippen LogP contribution in [0.5, 0.6) is 0 Å². The van der Waals surface area contributed by atoms with Gasteiger partial charge in [-0.25, -0.2) is 0 Å². The summed E-state index contributed by atoms with van der Waals surface area (Å²) in [7, 11) is 0. The monoisotopic (exact) mass is 614 g/mol. The fourth-order valence-corrected chi connectivity index (χ4v) is 8.78. The third-order valence-electron chi connectivity index (χ3n) is 10.9. The van der Waals surface area contributed by atoms with Crippen LogP contribution < -0.4 is 0 Å². The molecule has 11 rings (SSSR count). The first-order valence-electron chi connectivity index (χ1n) is 16.7. The second-order valence-corrected chi connectivity index (χ2v) is 13.7. The van der Waals surface area contributed by atoms with Crippen LogP contribution in [0.2, 0.25) is 0 Å². The SMILES string of the molecule is CC1(C)c2ccccc2-c2ccc(-n3c4ccc5c6ccccc6oc5c4c4cccc(-n5c6ccccc6c6ccccc65)c43)cc21. The molecule has 3 heterocycles. The van der Waals surface area contributed by atoms with Crippen LogP contribution in [0.15, 0.2) is 150 Å². The number of nitrogens with zero attached hydrogens (tertiary/aromatic N) is 2. The number of hydrogen-bond donors (Lipinski definition) is 0. The van der Waals surface area contributed by atoms with Gasteiger partial charge in [0.25, 0.3) is 0 Å². The summed E-state index contributed by atoms with van der Waals surface area (Å²) in [5.74, 6) is 0. The zero-order valence-corrected chi connectivity index (χ0v) is 26.7. The highest BCUT2D eigenvalue weighted by Crippen LogP contribution is 2.50. The molecule has 0 radical (unpaired) electrons. The minimum absolute atomic E-state index is 0.109. The minimum Gasteiger partial charge on any atom is -0.455 e. The highest BCUT2D eigenvalue weighted by atomic mass is 16.3. The van der Waals surface area contributed by atoms with Crippen molar-refractivity contribution in [3.8, 4) is 22.5 Å². The molecule has 1 aliphatic rings. The van der Waals surface area contributed by atoms with Gasteiger partial charge in [-0.3, -0.25) is 0 Å². The molecule has 0 amide bonds. The van der Waals surface area contributed by atoms with E-state index < -0.39 is 0 Å². The molecule has 0 saturated carbocycles. The second kappa shape index (κ2) is 9.05. The molecule has 0 saturated heterocycles. The smallest absolute Gasteiger partial charge is 0.145 e. The highest BCUT2D eigenvalue weighted by molar-refractivity contribution is 6.25. The van der Waals surface area contributed by atoms with Gasteiger partial charge in [-0.1, -0.05) is 111 Å². The zero-order valence-electron chi connectivity index (χ0n) is 26.7. The van der Waals surface area contributed by atoms with Crippen LogP contribution in [0.25, 0.3) is 88.1 Å². The fraction of sp³-hybridized carbons (Fsp3) is 0.0667. The zero-order chi connectivity index (χ0) is 31.7. The van der Waals surface area contributed by atoms with Crippen molar-refractivity contribution in [2.75, 3.05) is 0 Å². The summed E-state index contributed by atoms with van der Waals surface area (Å²) in [6.07, 6.45) is 0. The van der Waals surface area contributed by atoms with E-state index in [0.29, 0.717) is 0 Å². The summed E-state index contributed by atoms with van der Waals surface area (Å²) in [4.78, 5) is 0. The molecule has 7 aromatic carbocycles. The predicted octanol–water partition coefficient (Wildman–Crippen LogP) is 12.1. The van der Waals surface area contributed by atoms with Crippen molar-refractivity contribution in [1.82, 2.24) is 9.13 Å². The molecule has 226 valence electrons. The van der Waals surface area contributed by atoms with Gasteiger partial charge in [-0.05, 0) is 70.8 Å². The summed E-state index contributed by atoms with van der Waals surface area (Å²) in [6, 6.07) is 53.1. The van der Waals surface area contributed by atoms with Gasteiger partial charge in [0.05, 0.1) is 33.1 Å². The van der Waals surface area contributed by atoms with E-state index in [9.17, 15) is 0 Å². The molecule has 0 unspecified atom stereocenters. The first-order valence-corrected chi connectivity index (χ1v) is 16.7. The van der Waals surface area contributed by atoms with Crippen LogP contribution in [-0.4, -0.2) is 9.13 Å². The largest absolute Gasteiger partial charge is 0.455 e. The number of rotatable bonds is 2. The van der Waals surface area contributed by atoms with Crippen molar-refractivity contribution in [1.29, 1.82) is 0 Å². The van der Waals surface area contributed by atoms with Crippen molar-refractivity contribution < 1.29 is 4.42 Å². The van der Waals surface area contributed by atoms with Gasteiger partial charge in [0.2, 0.25) is 0 Å². The molecule has 0 aliphatic heterocycles. The first kappa shape index (κ1) is 26.1. The maximum absolute atomic E-state index is 6.72. The molecule has 48 heavy (non-hydrogen) atoms. The third-order valence-corrected chi connectivity index (χ3v) is 10.9. The molecule has 3 nitrogen and oxygen atoms in total. The van der Waals surface area contributed by atoms with E-state index in [2.05, 4.69) is 169 Å². The van der Waals surface area contributed by atoms with Crippen LogP contribution in [-0.2, 0) is 5.41 Å². The highest BCUT2D eigenvalue weighted by Gasteiger charge is 2.35. The molecule has 0 spiro atoms. The number of furan rings is 1. The van der Waals surface area contributed by atoms with Crippen molar-refractivity contribution in [3.05, 3.63) is 157 Å². The van der Waals surface area contributed by atoms with Gasteiger partial charge in [0, 0.05) is 38.0 Å². The summed E-state index contributed by atoms with van der Waals surface area (Å²) in [6.45, 7) is 4.71. The van der Waals surface area contributed by atoms with Gasteiger partial charge < -0.3 is 13.6 Å². The first-order chi connectivity index (χ1) is 23.6. The molecule has 0 bridgehead atoms. The molecule has 0 N–H and O–H groups in total. The molecule has 0 atom stereocenters. The van der Waals surface area contributed by atoms with Crippen LogP contribution >= 0.6 is 0 Å². The number of aromatic nitrogens is 2. The standard InChI is InChI=1S/C45H30N2O/c1-45(2)35-17-7-3-12-28(35)29-23-22-27(26-36(29)45)46-39-25-24-33-32-15-6-10-21-41(32)48-44(33)42(39)34-16-11-20-40(43(34)46)47-37-18-8-4-13-30(37)31-14-5-9-19-38(31)47/h3-26H,1-2H3. The quantitative estimate of drug-likeness (QED) is 0.190. The lowest BCUT2D eigenvalue weighted by Gasteiger charge is -2.22. The van der Waals surface area contributed by atoms with Gasteiger partial charge in [0.15, 0.2) is 0 Å². The molecular formula is C45H30N2O. The number of para-hydroxylation sites is 4. The van der Waals surface area contributed by atoms with Crippen molar-refractivity contribution in [2.24, 2.45) is 0 Å². The molecule has 3 heteroatoms. The lowest BCUT2D eigenvalue weighted by Crippen LogP contribution is -2.15. The lowest BCUT2D eigenvalue weighted by molar-refractivity contribution is 0.660. The molecule has 10 aromatic rings. The predicted molar refractivity (Wildman–Crippen MR) is 200 cm³/mol. The van der Waals surface area contributed by atoms with Crippen molar-refractivity contribution in [2.45, 2.75) is 19.3 Å². The Bertz CT molecular complexity index is 2930. The van der Waals surface area contributed by atoms with E-state index >= 15 is 0 Å². The number of fused-ring (bicyclic) bond motifs is 13. The van der Waals surface area contributed by atoms with Crippen molar-refractivity contribution >= 4 is 65.6 Å². The van der Waals surface area contributed by atoms with E-state index in [-0.39, 0.29) is 5.41 Å². The Hall–Kier alpha value is -6.06. The average molecular weight is 615 g/mol. The van der Waals surface area contributed by atoms with Crippen molar-refractivity contribution in [3.63, 3.8) is 0 Å². The fourth-order valence-electron chi connectivity index (χ4n) is 8.78. The molecular weight excluding hydrogens is 585 g/mol. The summed E-state index contributed by atoms with van der Waals surface area (Å²) < 4.78 is 11.7. The van der Waals surface area contributed by atoms with Crippen LogP contribution in [0.4, 0.5) is 0 Å². The van der Waals surface area contributed by atoms with E-state index in [4.69, 9.17) is 4.42 Å². The Morgan fingerprint density at radius 1 is 0.479 bits per heavy atom. The minimum atomic E-state index is -0.109.